The van der Waals surface area contributed by atoms with E-state index in [1.54, 1.807) is 52.8 Å². The van der Waals surface area contributed by atoms with Gasteiger partial charge in [0.1, 0.15) is 11.6 Å². The molecule has 2 aromatic carbocycles. The predicted molar refractivity (Wildman–Crippen MR) is 164 cm³/mol. The van der Waals surface area contributed by atoms with Crippen molar-refractivity contribution in [3.8, 4) is 17.0 Å². The SMILES string of the molecule is CC(C)C(NC(=O)OC(C)(C)C)C(=O)OCOc1cc(C(=O)NN(Cc2ccc(-c3cccc(Cl)c3)cc2)CC(O)C(=O)O)on1. The molecule has 1 heterocycles. The fourth-order valence-electron chi connectivity index (χ4n) is 3.93. The minimum absolute atomic E-state index is 0.0354. The number of rotatable bonds is 14. The van der Waals surface area contributed by atoms with E-state index in [-0.39, 0.29) is 24.1 Å². The second-order valence-electron chi connectivity index (χ2n) is 11.5. The third-order valence-corrected chi connectivity index (χ3v) is 6.37. The van der Waals surface area contributed by atoms with Crippen LogP contribution in [0, 0.1) is 5.92 Å². The van der Waals surface area contributed by atoms with Gasteiger partial charge in [0.2, 0.25) is 12.6 Å². The van der Waals surface area contributed by atoms with Gasteiger partial charge in [0.05, 0.1) is 12.6 Å². The van der Waals surface area contributed by atoms with Crippen molar-refractivity contribution in [1.29, 1.82) is 0 Å². The molecule has 248 valence electrons. The summed E-state index contributed by atoms with van der Waals surface area (Å²) >= 11 is 6.08. The lowest BCUT2D eigenvalue weighted by Gasteiger charge is -2.24. The van der Waals surface area contributed by atoms with E-state index in [0.717, 1.165) is 17.2 Å². The summed E-state index contributed by atoms with van der Waals surface area (Å²) in [4.78, 5) is 48.9. The number of hydrazine groups is 1. The lowest BCUT2D eigenvalue weighted by Crippen LogP contribution is -2.47. The monoisotopic (exact) mass is 660 g/mol. The molecule has 15 heteroatoms. The molecule has 3 rings (SSSR count). The molecular formula is C31H37ClN4O10. The summed E-state index contributed by atoms with van der Waals surface area (Å²) in [6, 6.07) is 14.7. The summed E-state index contributed by atoms with van der Waals surface area (Å²) in [6.07, 6.45) is -2.58. The van der Waals surface area contributed by atoms with Crippen LogP contribution in [0.15, 0.2) is 59.1 Å². The van der Waals surface area contributed by atoms with Gasteiger partial charge in [-0.1, -0.05) is 61.8 Å². The number of nitrogens with one attached hydrogen (secondary N) is 2. The number of aliphatic hydroxyl groups excluding tert-OH is 1. The number of aliphatic hydroxyl groups is 1. The standard InChI is InChI=1S/C31H37ClN4O10/c1-18(2)26(33-30(42)45-31(3,4)5)29(41)44-17-43-25-14-24(46-35-25)27(38)34-36(16-23(37)28(39)40)15-19-9-11-20(12-10-19)21-7-6-8-22(32)13-21/h6-14,18,23,26,37H,15-17H2,1-5H3,(H,33,42)(H,34,38)(H,39,40). The van der Waals surface area contributed by atoms with Crippen LogP contribution in [0.2, 0.25) is 5.02 Å². The number of carboxylic acid groups (broad SMARTS) is 1. The average molecular weight is 661 g/mol. The first-order chi connectivity index (χ1) is 21.6. The molecule has 14 nitrogen and oxygen atoms in total. The van der Waals surface area contributed by atoms with Crippen LogP contribution in [0.3, 0.4) is 0 Å². The molecule has 0 aliphatic heterocycles. The molecule has 0 bridgehead atoms. The van der Waals surface area contributed by atoms with Crippen molar-refractivity contribution < 1.29 is 48.1 Å². The number of carboxylic acids is 1. The van der Waals surface area contributed by atoms with Crippen molar-refractivity contribution in [2.24, 2.45) is 5.92 Å². The van der Waals surface area contributed by atoms with Crippen LogP contribution in [-0.2, 0) is 25.6 Å². The largest absolute Gasteiger partial charge is 0.479 e. The number of carbonyl (C=O) groups is 4. The number of hydrogen-bond acceptors (Lipinski definition) is 11. The van der Waals surface area contributed by atoms with Gasteiger partial charge in [-0.15, -0.1) is 0 Å². The highest BCUT2D eigenvalue weighted by molar-refractivity contribution is 6.30. The number of nitrogens with zero attached hydrogens (tertiary/aromatic N) is 2. The van der Waals surface area contributed by atoms with E-state index in [0.29, 0.717) is 10.6 Å². The van der Waals surface area contributed by atoms with Gasteiger partial charge >= 0.3 is 23.9 Å². The van der Waals surface area contributed by atoms with Crippen molar-refractivity contribution in [3.05, 3.63) is 70.9 Å². The molecule has 2 amide bonds. The van der Waals surface area contributed by atoms with Gasteiger partial charge < -0.3 is 34.3 Å². The molecule has 2 unspecified atom stereocenters. The Morgan fingerprint density at radius 1 is 1.04 bits per heavy atom. The molecule has 46 heavy (non-hydrogen) atoms. The van der Waals surface area contributed by atoms with Gasteiger partial charge in [-0.25, -0.2) is 19.4 Å². The number of carbonyl (C=O) groups excluding carboxylic acids is 3. The van der Waals surface area contributed by atoms with Gasteiger partial charge in [-0.2, -0.15) is 0 Å². The number of aromatic nitrogens is 1. The zero-order valence-corrected chi connectivity index (χ0v) is 26.7. The predicted octanol–water partition coefficient (Wildman–Crippen LogP) is 4.02. The quantitative estimate of drug-likeness (QED) is 0.111. The van der Waals surface area contributed by atoms with Gasteiger partial charge in [-0.05, 0) is 60.7 Å². The summed E-state index contributed by atoms with van der Waals surface area (Å²) < 4.78 is 20.6. The summed E-state index contributed by atoms with van der Waals surface area (Å²) in [7, 11) is 0. The third-order valence-electron chi connectivity index (χ3n) is 6.14. The second-order valence-corrected chi connectivity index (χ2v) is 11.9. The molecule has 0 aliphatic rings. The maximum absolute atomic E-state index is 12.9. The molecule has 2 atom stereocenters. The zero-order valence-electron chi connectivity index (χ0n) is 26.0. The van der Waals surface area contributed by atoms with Crippen LogP contribution in [-0.4, -0.2) is 75.4 Å². The molecule has 4 N–H and O–H groups in total. The first-order valence-electron chi connectivity index (χ1n) is 14.2. The van der Waals surface area contributed by atoms with Gasteiger partial charge in [0.15, 0.2) is 6.10 Å². The number of benzene rings is 2. The second kappa shape index (κ2) is 16.1. The number of amides is 2. The Hall–Kier alpha value is -4.66. The van der Waals surface area contributed by atoms with Crippen LogP contribution in [0.1, 0.15) is 50.7 Å². The molecule has 0 saturated heterocycles. The normalized spacial score (nSPS) is 12.7. The maximum atomic E-state index is 12.9. The van der Waals surface area contributed by atoms with Crippen molar-refractivity contribution in [2.45, 2.75) is 58.9 Å². The fraction of sp³-hybridized carbons (Fsp3) is 0.387. The summed E-state index contributed by atoms with van der Waals surface area (Å²) in [6.45, 7) is 7.47. The molecule has 0 radical (unpaired) electrons. The van der Waals surface area contributed by atoms with Gasteiger partial charge in [0, 0.05) is 11.6 Å². The Bertz CT molecular complexity index is 1500. The fourth-order valence-corrected chi connectivity index (χ4v) is 4.12. The van der Waals surface area contributed by atoms with Gasteiger partial charge in [0.25, 0.3) is 5.88 Å². The Kier molecular flexibility index (Phi) is 12.5. The number of ether oxygens (including phenoxy) is 3. The van der Waals surface area contributed by atoms with E-state index in [9.17, 15) is 29.4 Å². The minimum Gasteiger partial charge on any atom is -0.479 e. The Morgan fingerprint density at radius 2 is 1.74 bits per heavy atom. The van der Waals surface area contributed by atoms with Crippen LogP contribution < -0.4 is 15.5 Å². The van der Waals surface area contributed by atoms with Crippen molar-refractivity contribution in [2.75, 3.05) is 13.3 Å². The molecular weight excluding hydrogens is 624 g/mol. The van der Waals surface area contributed by atoms with E-state index >= 15 is 0 Å². The molecule has 0 aliphatic carbocycles. The number of alkyl carbamates (subject to hydrolysis) is 1. The number of aliphatic carboxylic acids is 1. The highest BCUT2D eigenvalue weighted by atomic mass is 35.5. The first-order valence-corrected chi connectivity index (χ1v) is 14.6. The minimum atomic E-state index is -1.80. The maximum Gasteiger partial charge on any atom is 0.408 e. The number of halogens is 1. The van der Waals surface area contributed by atoms with Crippen molar-refractivity contribution >= 4 is 35.5 Å². The molecule has 0 saturated carbocycles. The Balaban J connectivity index is 1.59. The Labute approximate surface area is 270 Å². The van der Waals surface area contributed by atoms with Crippen molar-refractivity contribution in [1.82, 2.24) is 20.9 Å². The van der Waals surface area contributed by atoms with Gasteiger partial charge in [-0.3, -0.25) is 10.2 Å². The van der Waals surface area contributed by atoms with Crippen LogP contribution in [0.5, 0.6) is 5.88 Å². The van der Waals surface area contributed by atoms with Crippen LogP contribution in [0.25, 0.3) is 11.1 Å². The first kappa shape index (κ1) is 35.8. The van der Waals surface area contributed by atoms with E-state index in [1.165, 1.54) is 5.01 Å². The molecule has 0 spiro atoms. The lowest BCUT2D eigenvalue weighted by atomic mass is 10.0. The number of esters is 1. The third kappa shape index (κ3) is 11.4. The number of hydrogen-bond donors (Lipinski definition) is 4. The summed E-state index contributed by atoms with van der Waals surface area (Å²) in [5.74, 6) is -3.89. The van der Waals surface area contributed by atoms with Crippen LogP contribution in [0.4, 0.5) is 4.79 Å². The molecule has 1 aromatic heterocycles. The van der Waals surface area contributed by atoms with Crippen LogP contribution >= 0.6 is 11.6 Å². The molecule has 3 aromatic rings. The topological polar surface area (TPSA) is 190 Å². The smallest absolute Gasteiger partial charge is 0.408 e. The lowest BCUT2D eigenvalue weighted by molar-refractivity contribution is -0.154. The average Bonchev–Trinajstić information content (AvgIpc) is 3.44. The zero-order chi connectivity index (χ0) is 34.0. The summed E-state index contributed by atoms with van der Waals surface area (Å²) in [5.41, 5.74) is 4.24. The van der Waals surface area contributed by atoms with E-state index < -0.39 is 55.0 Å². The van der Waals surface area contributed by atoms with E-state index in [2.05, 4.69) is 15.9 Å². The summed E-state index contributed by atoms with van der Waals surface area (Å²) in [5, 5.41) is 27.1. The Morgan fingerprint density at radius 3 is 2.35 bits per heavy atom. The van der Waals surface area contributed by atoms with E-state index in [4.69, 9.17) is 30.3 Å². The van der Waals surface area contributed by atoms with E-state index in [1.807, 2.05) is 30.3 Å². The highest BCUT2D eigenvalue weighted by Gasteiger charge is 2.29. The van der Waals surface area contributed by atoms with Crippen molar-refractivity contribution in [3.63, 3.8) is 0 Å². The highest BCUT2D eigenvalue weighted by Crippen LogP contribution is 2.23. The molecule has 0 fully saturated rings.